The van der Waals surface area contributed by atoms with Crippen molar-refractivity contribution in [1.82, 2.24) is 20.0 Å². The fraction of sp³-hybridized carbons (Fsp3) is 0.786. The molecule has 1 aliphatic carbocycles. The Balaban J connectivity index is 1.75. The summed E-state index contributed by atoms with van der Waals surface area (Å²) in [4.78, 5) is 2.69. The van der Waals surface area contributed by atoms with Crippen LogP contribution in [0.2, 0.25) is 0 Å². The number of aryl methyl sites for hydroxylation is 1. The van der Waals surface area contributed by atoms with E-state index in [9.17, 15) is 0 Å². The lowest BCUT2D eigenvalue weighted by Crippen LogP contribution is -2.61. The fourth-order valence-electron chi connectivity index (χ4n) is 3.58. The first-order chi connectivity index (χ1) is 8.78. The van der Waals surface area contributed by atoms with Crippen molar-refractivity contribution in [3.05, 3.63) is 18.0 Å². The largest absolute Gasteiger partial charge is 0.314 e. The van der Waals surface area contributed by atoms with Gasteiger partial charge in [-0.05, 0) is 18.9 Å². The Morgan fingerprint density at radius 1 is 1.33 bits per heavy atom. The van der Waals surface area contributed by atoms with Crippen molar-refractivity contribution in [3.63, 3.8) is 0 Å². The number of nitrogens with one attached hydrogen (secondary N) is 1. The highest BCUT2D eigenvalue weighted by atomic mass is 15.3. The Morgan fingerprint density at radius 3 is 2.89 bits per heavy atom. The van der Waals surface area contributed by atoms with E-state index in [1.54, 1.807) is 0 Å². The first-order valence-electron chi connectivity index (χ1n) is 7.23. The van der Waals surface area contributed by atoms with Gasteiger partial charge in [0.15, 0.2) is 0 Å². The van der Waals surface area contributed by atoms with E-state index in [1.165, 1.54) is 44.3 Å². The average molecular weight is 248 g/mol. The normalized spacial score (nSPS) is 24.5. The number of hydrogen-bond acceptors (Lipinski definition) is 3. The topological polar surface area (TPSA) is 33.1 Å². The molecule has 4 nitrogen and oxygen atoms in total. The Kier molecular flexibility index (Phi) is 3.39. The Hall–Kier alpha value is -0.870. The third-order valence-corrected chi connectivity index (χ3v) is 4.59. The molecule has 2 heterocycles. The van der Waals surface area contributed by atoms with Crippen LogP contribution in [0.25, 0.3) is 0 Å². The number of piperazine rings is 1. The minimum Gasteiger partial charge on any atom is -0.314 e. The van der Waals surface area contributed by atoms with Gasteiger partial charge in [0.1, 0.15) is 0 Å². The standard InChI is InChI=1S/C14H24N4/c1-17-9-5-13(16-17)11-18-10-8-15-12-14(18)6-3-2-4-7-14/h5,9,15H,2-4,6-8,10-12H2,1H3. The summed E-state index contributed by atoms with van der Waals surface area (Å²) in [6.07, 6.45) is 8.95. The van der Waals surface area contributed by atoms with Crippen LogP contribution in [-0.2, 0) is 13.6 Å². The highest BCUT2D eigenvalue weighted by molar-refractivity contribution is 5.04. The van der Waals surface area contributed by atoms with Crippen LogP contribution < -0.4 is 5.32 Å². The van der Waals surface area contributed by atoms with Crippen LogP contribution in [0.3, 0.4) is 0 Å². The molecule has 0 bridgehead atoms. The van der Waals surface area contributed by atoms with Crippen LogP contribution in [0.15, 0.2) is 12.3 Å². The minimum absolute atomic E-state index is 0.411. The lowest BCUT2D eigenvalue weighted by Gasteiger charge is -2.49. The van der Waals surface area contributed by atoms with E-state index < -0.39 is 0 Å². The molecule has 0 aromatic carbocycles. The summed E-state index contributed by atoms with van der Waals surface area (Å²) in [6.45, 7) is 4.47. The maximum Gasteiger partial charge on any atom is 0.0764 e. The van der Waals surface area contributed by atoms with Gasteiger partial charge in [0, 0.05) is 45.0 Å². The number of rotatable bonds is 2. The lowest BCUT2D eigenvalue weighted by atomic mass is 9.79. The zero-order valence-electron chi connectivity index (χ0n) is 11.4. The Labute approximate surface area is 109 Å². The van der Waals surface area contributed by atoms with Gasteiger partial charge in [-0.25, -0.2) is 0 Å². The summed E-state index contributed by atoms with van der Waals surface area (Å²) in [7, 11) is 2.00. The molecule has 100 valence electrons. The second-order valence-corrected chi connectivity index (χ2v) is 5.86. The molecule has 0 radical (unpaired) electrons. The molecule has 1 aromatic rings. The summed E-state index contributed by atoms with van der Waals surface area (Å²) in [5, 5.41) is 8.14. The Morgan fingerprint density at radius 2 is 2.17 bits per heavy atom. The zero-order valence-corrected chi connectivity index (χ0v) is 11.4. The van der Waals surface area contributed by atoms with Crippen LogP contribution in [0.5, 0.6) is 0 Å². The highest BCUT2D eigenvalue weighted by Crippen LogP contribution is 2.35. The van der Waals surface area contributed by atoms with Crippen LogP contribution >= 0.6 is 0 Å². The predicted molar refractivity (Wildman–Crippen MR) is 72.3 cm³/mol. The molecular weight excluding hydrogens is 224 g/mol. The average Bonchev–Trinajstić information content (AvgIpc) is 2.79. The lowest BCUT2D eigenvalue weighted by molar-refractivity contribution is 0.0198. The predicted octanol–water partition coefficient (Wildman–Crippen LogP) is 1.53. The smallest absolute Gasteiger partial charge is 0.0764 e. The molecular formula is C14H24N4. The van der Waals surface area contributed by atoms with Crippen LogP contribution in [0.1, 0.15) is 37.8 Å². The van der Waals surface area contributed by atoms with Gasteiger partial charge in [0.05, 0.1) is 5.69 Å². The van der Waals surface area contributed by atoms with Crippen molar-refractivity contribution in [1.29, 1.82) is 0 Å². The van der Waals surface area contributed by atoms with Crippen molar-refractivity contribution >= 4 is 0 Å². The monoisotopic (exact) mass is 248 g/mol. The van der Waals surface area contributed by atoms with E-state index in [1.807, 2.05) is 17.9 Å². The first kappa shape index (κ1) is 12.2. The summed E-state index contributed by atoms with van der Waals surface area (Å²) in [5.74, 6) is 0. The van der Waals surface area contributed by atoms with Gasteiger partial charge in [0.2, 0.25) is 0 Å². The summed E-state index contributed by atoms with van der Waals surface area (Å²) < 4.78 is 1.91. The maximum atomic E-state index is 4.54. The van der Waals surface area contributed by atoms with Crippen LogP contribution in [0.4, 0.5) is 0 Å². The van der Waals surface area contributed by atoms with Gasteiger partial charge in [-0.2, -0.15) is 5.10 Å². The minimum atomic E-state index is 0.411. The third kappa shape index (κ3) is 2.31. The summed E-state index contributed by atoms with van der Waals surface area (Å²) in [6, 6.07) is 2.15. The van der Waals surface area contributed by atoms with Crippen LogP contribution in [0, 0.1) is 0 Å². The quantitative estimate of drug-likeness (QED) is 0.861. The van der Waals surface area contributed by atoms with E-state index in [0.717, 1.165) is 19.6 Å². The SMILES string of the molecule is Cn1ccc(CN2CCNCC23CCCCC3)n1. The molecule has 1 N–H and O–H groups in total. The molecule has 1 saturated heterocycles. The maximum absolute atomic E-state index is 4.54. The van der Waals surface area contributed by atoms with Gasteiger partial charge in [-0.3, -0.25) is 9.58 Å². The molecule has 1 aromatic heterocycles. The van der Waals surface area contributed by atoms with E-state index in [0.29, 0.717) is 5.54 Å². The van der Waals surface area contributed by atoms with E-state index in [2.05, 4.69) is 21.4 Å². The van der Waals surface area contributed by atoms with Gasteiger partial charge >= 0.3 is 0 Å². The first-order valence-corrected chi connectivity index (χ1v) is 7.23. The van der Waals surface area contributed by atoms with Crippen molar-refractivity contribution in [2.24, 2.45) is 7.05 Å². The molecule has 4 heteroatoms. The van der Waals surface area contributed by atoms with Crippen molar-refractivity contribution in [2.45, 2.75) is 44.2 Å². The fourth-order valence-corrected chi connectivity index (χ4v) is 3.58. The Bertz CT molecular complexity index is 384. The number of nitrogens with zero attached hydrogens (tertiary/aromatic N) is 3. The van der Waals surface area contributed by atoms with Crippen molar-refractivity contribution < 1.29 is 0 Å². The highest BCUT2D eigenvalue weighted by Gasteiger charge is 2.39. The van der Waals surface area contributed by atoms with Crippen molar-refractivity contribution in [3.8, 4) is 0 Å². The molecule has 0 atom stereocenters. The molecule has 3 rings (SSSR count). The molecule has 2 fully saturated rings. The third-order valence-electron chi connectivity index (χ3n) is 4.59. The molecule has 2 aliphatic rings. The second kappa shape index (κ2) is 5.02. The summed E-state index contributed by atoms with van der Waals surface area (Å²) in [5.41, 5.74) is 1.62. The second-order valence-electron chi connectivity index (χ2n) is 5.86. The van der Waals surface area contributed by atoms with Crippen LogP contribution in [-0.4, -0.2) is 39.9 Å². The molecule has 0 unspecified atom stereocenters. The molecule has 1 spiro atoms. The molecule has 1 saturated carbocycles. The molecule has 1 aliphatic heterocycles. The van der Waals surface area contributed by atoms with E-state index in [4.69, 9.17) is 0 Å². The van der Waals surface area contributed by atoms with Gasteiger partial charge in [0.25, 0.3) is 0 Å². The zero-order chi connectivity index (χ0) is 12.4. The molecule has 18 heavy (non-hydrogen) atoms. The van der Waals surface area contributed by atoms with Gasteiger partial charge in [-0.15, -0.1) is 0 Å². The van der Waals surface area contributed by atoms with E-state index in [-0.39, 0.29) is 0 Å². The number of aromatic nitrogens is 2. The molecule has 0 amide bonds. The van der Waals surface area contributed by atoms with E-state index >= 15 is 0 Å². The number of hydrogen-bond donors (Lipinski definition) is 1. The van der Waals surface area contributed by atoms with Gasteiger partial charge < -0.3 is 5.32 Å². The summed E-state index contributed by atoms with van der Waals surface area (Å²) >= 11 is 0. The van der Waals surface area contributed by atoms with Crippen molar-refractivity contribution in [2.75, 3.05) is 19.6 Å². The van der Waals surface area contributed by atoms with Gasteiger partial charge in [-0.1, -0.05) is 19.3 Å².